The van der Waals surface area contributed by atoms with Gasteiger partial charge in [0, 0.05) is 6.07 Å². The fraction of sp³-hybridized carbons (Fsp3) is 0.727. The molecule has 0 spiro atoms. The normalized spacial score (nSPS) is 10.9. The molecule has 0 saturated carbocycles. The van der Waals surface area contributed by atoms with Crippen LogP contribution in [0, 0.1) is 10.1 Å². The fourth-order valence-electron chi connectivity index (χ4n) is 3.21. The van der Waals surface area contributed by atoms with Crippen LogP contribution in [-0.2, 0) is 0 Å². The van der Waals surface area contributed by atoms with Gasteiger partial charge in [0.1, 0.15) is 0 Å². The van der Waals surface area contributed by atoms with E-state index >= 15 is 0 Å². The lowest BCUT2D eigenvalue weighted by Gasteiger charge is -2.08. The average Bonchev–Trinajstić information content (AvgIpc) is 2.66. The van der Waals surface area contributed by atoms with Crippen LogP contribution in [0.5, 0.6) is 11.5 Å². The van der Waals surface area contributed by atoms with Crippen LogP contribution in [0.3, 0.4) is 0 Å². The number of benzene rings is 1. The van der Waals surface area contributed by atoms with E-state index in [0.29, 0.717) is 6.61 Å². The van der Waals surface area contributed by atoms with Crippen molar-refractivity contribution in [1.29, 1.82) is 0 Å². The minimum atomic E-state index is -0.487. The number of phenolic OH excluding ortho intramolecular Hbond substituents is 1. The van der Waals surface area contributed by atoms with Gasteiger partial charge < -0.3 is 9.84 Å². The van der Waals surface area contributed by atoms with Crippen molar-refractivity contribution in [2.24, 2.45) is 0 Å². The highest BCUT2D eigenvalue weighted by Crippen LogP contribution is 2.30. The maximum absolute atomic E-state index is 10.7. The Morgan fingerprint density at radius 2 is 1.33 bits per heavy atom. The van der Waals surface area contributed by atoms with E-state index in [4.69, 9.17) is 4.74 Å². The van der Waals surface area contributed by atoms with E-state index in [1.807, 2.05) is 0 Å². The number of nitro benzene ring substituents is 1. The number of rotatable bonds is 17. The van der Waals surface area contributed by atoms with Gasteiger partial charge in [-0.3, -0.25) is 10.1 Å². The Kier molecular flexibility index (Phi) is 13.2. The van der Waals surface area contributed by atoms with Crippen LogP contribution in [0.2, 0.25) is 0 Å². The summed E-state index contributed by atoms with van der Waals surface area (Å²) in [4.78, 5) is 10.3. The summed E-state index contributed by atoms with van der Waals surface area (Å²) in [6.07, 6.45) is 18.2. The number of hydrogen-bond donors (Lipinski definition) is 1. The van der Waals surface area contributed by atoms with E-state index < -0.39 is 4.92 Å². The van der Waals surface area contributed by atoms with Crippen molar-refractivity contribution in [3.63, 3.8) is 0 Å². The number of hydrogen-bond acceptors (Lipinski definition) is 4. The summed E-state index contributed by atoms with van der Waals surface area (Å²) in [5.74, 6) is 0.143. The Bertz CT molecular complexity index is 519. The second kappa shape index (κ2) is 15.3. The van der Waals surface area contributed by atoms with Gasteiger partial charge in [0.05, 0.1) is 17.6 Å². The van der Waals surface area contributed by atoms with Gasteiger partial charge in [0.25, 0.3) is 5.69 Å². The summed E-state index contributed by atoms with van der Waals surface area (Å²) in [5.41, 5.74) is -0.0660. The Balaban J connectivity index is 1.92. The highest BCUT2D eigenvalue weighted by atomic mass is 16.6. The quantitative estimate of drug-likeness (QED) is 0.177. The van der Waals surface area contributed by atoms with Gasteiger partial charge in [-0.05, 0) is 12.5 Å². The molecule has 0 aliphatic carbocycles. The lowest BCUT2D eigenvalue weighted by molar-refractivity contribution is -0.385. The Morgan fingerprint density at radius 1 is 0.852 bits per heavy atom. The van der Waals surface area contributed by atoms with Crippen LogP contribution >= 0.6 is 0 Å². The Labute approximate surface area is 164 Å². The number of nitro groups is 1. The van der Waals surface area contributed by atoms with Crippen LogP contribution in [-0.4, -0.2) is 16.6 Å². The maximum Gasteiger partial charge on any atom is 0.273 e. The molecule has 0 amide bonds. The molecule has 5 nitrogen and oxygen atoms in total. The van der Waals surface area contributed by atoms with E-state index in [2.05, 4.69) is 6.92 Å². The molecule has 154 valence electrons. The van der Waals surface area contributed by atoms with Crippen molar-refractivity contribution in [2.75, 3.05) is 6.61 Å². The number of nitrogens with zero attached hydrogens (tertiary/aromatic N) is 1. The topological polar surface area (TPSA) is 72.6 Å². The number of ether oxygens (including phenoxy) is 1. The molecule has 0 radical (unpaired) electrons. The van der Waals surface area contributed by atoms with Crippen molar-refractivity contribution in [3.05, 3.63) is 28.3 Å². The SMILES string of the molecule is CCCCCCCCCCCCCCCCOc1cc([N+](=O)[O-])ccc1O. The zero-order valence-electron chi connectivity index (χ0n) is 17.0. The van der Waals surface area contributed by atoms with Crippen molar-refractivity contribution >= 4 is 5.69 Å². The highest BCUT2D eigenvalue weighted by molar-refractivity contribution is 5.47. The van der Waals surface area contributed by atoms with E-state index in [0.717, 1.165) is 12.8 Å². The molecule has 1 rings (SSSR count). The fourth-order valence-corrected chi connectivity index (χ4v) is 3.21. The minimum Gasteiger partial charge on any atom is -0.504 e. The van der Waals surface area contributed by atoms with Crippen LogP contribution in [0.25, 0.3) is 0 Å². The monoisotopic (exact) mass is 379 g/mol. The van der Waals surface area contributed by atoms with Crippen molar-refractivity contribution in [1.82, 2.24) is 0 Å². The third-order valence-electron chi connectivity index (χ3n) is 4.91. The molecule has 1 aromatic rings. The smallest absolute Gasteiger partial charge is 0.273 e. The number of aromatic hydroxyl groups is 1. The minimum absolute atomic E-state index is 0.0500. The van der Waals surface area contributed by atoms with Crippen LogP contribution in [0.15, 0.2) is 18.2 Å². The Morgan fingerprint density at radius 3 is 1.81 bits per heavy atom. The molecule has 0 unspecified atom stereocenters. The largest absolute Gasteiger partial charge is 0.504 e. The van der Waals surface area contributed by atoms with Gasteiger partial charge in [0.2, 0.25) is 0 Å². The zero-order chi connectivity index (χ0) is 19.7. The number of phenols is 1. The molecule has 0 fully saturated rings. The molecule has 1 N–H and O–H groups in total. The summed E-state index contributed by atoms with van der Waals surface area (Å²) in [5, 5.41) is 20.4. The predicted octanol–water partition coefficient (Wildman–Crippen LogP) is 7.16. The lowest BCUT2D eigenvalue weighted by Crippen LogP contribution is -1.98. The molecule has 0 bridgehead atoms. The zero-order valence-corrected chi connectivity index (χ0v) is 17.0. The molecule has 5 heteroatoms. The predicted molar refractivity (Wildman–Crippen MR) is 111 cm³/mol. The molecule has 0 saturated heterocycles. The van der Waals surface area contributed by atoms with Gasteiger partial charge in [0.15, 0.2) is 11.5 Å². The van der Waals surface area contributed by atoms with Gasteiger partial charge in [-0.1, -0.05) is 90.4 Å². The van der Waals surface area contributed by atoms with E-state index in [9.17, 15) is 15.2 Å². The first-order valence-electron chi connectivity index (χ1n) is 10.8. The Hall–Kier alpha value is -1.78. The summed E-state index contributed by atoms with van der Waals surface area (Å²) < 4.78 is 5.48. The standard InChI is InChI=1S/C22H37NO4/c1-2-3-4-5-6-7-8-9-10-11-12-13-14-15-18-27-22-19-20(23(25)26)16-17-21(22)24/h16-17,19,24H,2-15,18H2,1H3. The lowest BCUT2D eigenvalue weighted by atomic mass is 10.0. The third-order valence-corrected chi connectivity index (χ3v) is 4.91. The second-order valence-corrected chi connectivity index (χ2v) is 7.35. The maximum atomic E-state index is 10.7. The second-order valence-electron chi connectivity index (χ2n) is 7.35. The van der Waals surface area contributed by atoms with Crippen molar-refractivity contribution < 1.29 is 14.8 Å². The van der Waals surface area contributed by atoms with E-state index in [1.165, 1.54) is 95.2 Å². The van der Waals surface area contributed by atoms with Crippen molar-refractivity contribution in [2.45, 2.75) is 96.8 Å². The summed E-state index contributed by atoms with van der Waals surface area (Å²) in [7, 11) is 0. The third kappa shape index (κ3) is 11.5. The molecule has 0 aromatic heterocycles. The number of unbranched alkanes of at least 4 members (excludes halogenated alkanes) is 13. The van der Waals surface area contributed by atoms with Crippen molar-refractivity contribution in [3.8, 4) is 11.5 Å². The first kappa shape index (κ1) is 23.3. The van der Waals surface area contributed by atoms with Gasteiger partial charge in [-0.2, -0.15) is 0 Å². The van der Waals surface area contributed by atoms with Gasteiger partial charge in [-0.25, -0.2) is 0 Å². The molecule has 0 atom stereocenters. The summed E-state index contributed by atoms with van der Waals surface area (Å²) in [6, 6.07) is 3.85. The molecule has 0 aliphatic rings. The number of non-ortho nitro benzene ring substituents is 1. The van der Waals surface area contributed by atoms with E-state index in [1.54, 1.807) is 0 Å². The van der Waals surface area contributed by atoms with Gasteiger partial charge >= 0.3 is 0 Å². The average molecular weight is 380 g/mol. The summed E-state index contributed by atoms with van der Waals surface area (Å²) in [6.45, 7) is 2.74. The van der Waals surface area contributed by atoms with Crippen LogP contribution < -0.4 is 4.74 Å². The molecular formula is C22H37NO4. The van der Waals surface area contributed by atoms with Crippen LogP contribution in [0.1, 0.15) is 96.8 Å². The van der Waals surface area contributed by atoms with E-state index in [-0.39, 0.29) is 17.2 Å². The highest BCUT2D eigenvalue weighted by Gasteiger charge is 2.11. The first-order valence-corrected chi connectivity index (χ1v) is 10.8. The molecule has 0 aliphatic heterocycles. The van der Waals surface area contributed by atoms with Gasteiger partial charge in [-0.15, -0.1) is 0 Å². The molecular weight excluding hydrogens is 342 g/mol. The molecule has 1 aromatic carbocycles. The molecule has 27 heavy (non-hydrogen) atoms. The first-order chi connectivity index (χ1) is 13.1. The van der Waals surface area contributed by atoms with Crippen LogP contribution in [0.4, 0.5) is 5.69 Å². The molecule has 0 heterocycles. The summed E-state index contributed by atoms with van der Waals surface area (Å²) >= 11 is 0.